The minimum Gasteiger partial charge on any atom is -0.395 e. The van der Waals surface area contributed by atoms with Gasteiger partial charge in [-0.25, -0.2) is 0 Å². The highest BCUT2D eigenvalue weighted by molar-refractivity contribution is 6.34. The van der Waals surface area contributed by atoms with Gasteiger partial charge in [0.2, 0.25) is 0 Å². The predicted octanol–water partition coefficient (Wildman–Crippen LogP) is 2.63. The molecule has 0 unspecified atom stereocenters. The maximum atomic E-state index is 9.28. The van der Waals surface area contributed by atoms with Crippen LogP contribution in [0.25, 0.3) is 10.8 Å². The van der Waals surface area contributed by atoms with E-state index in [2.05, 4.69) is 15.1 Å². The Morgan fingerprint density at radius 2 is 1.95 bits per heavy atom. The van der Waals surface area contributed by atoms with Crippen molar-refractivity contribution in [2.24, 2.45) is 0 Å². The zero-order chi connectivity index (χ0) is 13.2. The monoisotopic (exact) mass is 277 g/mol. The maximum Gasteiger partial charge on any atom is 0.159 e. The van der Waals surface area contributed by atoms with E-state index in [0.717, 1.165) is 29.4 Å². The van der Waals surface area contributed by atoms with Gasteiger partial charge in [0.1, 0.15) is 0 Å². The molecule has 0 aliphatic heterocycles. The highest BCUT2D eigenvalue weighted by atomic mass is 35.5. The van der Waals surface area contributed by atoms with Gasteiger partial charge < -0.3 is 10.0 Å². The smallest absolute Gasteiger partial charge is 0.159 e. The normalized spacial score (nSPS) is 15.5. The molecule has 3 rings (SSSR count). The van der Waals surface area contributed by atoms with Crippen LogP contribution in [0.15, 0.2) is 24.3 Å². The molecule has 2 aromatic rings. The number of rotatable bonds is 4. The number of aliphatic hydroxyl groups is 1. The molecule has 1 fully saturated rings. The summed E-state index contributed by atoms with van der Waals surface area (Å²) in [5.74, 6) is 0.832. The predicted molar refractivity (Wildman–Crippen MR) is 76.6 cm³/mol. The molecule has 1 saturated carbocycles. The molecule has 1 aromatic heterocycles. The molecule has 1 aliphatic rings. The van der Waals surface area contributed by atoms with Gasteiger partial charge in [-0.15, -0.1) is 10.2 Å². The Balaban J connectivity index is 2.09. The van der Waals surface area contributed by atoms with Crippen LogP contribution in [0, 0.1) is 0 Å². The zero-order valence-electron chi connectivity index (χ0n) is 10.6. The fourth-order valence-corrected chi connectivity index (χ4v) is 2.74. The summed E-state index contributed by atoms with van der Waals surface area (Å²) in [7, 11) is 0. The largest absolute Gasteiger partial charge is 0.395 e. The third-order valence-corrected chi connectivity index (χ3v) is 4.03. The first kappa shape index (κ1) is 12.6. The van der Waals surface area contributed by atoms with Gasteiger partial charge in [-0.05, 0) is 19.3 Å². The summed E-state index contributed by atoms with van der Waals surface area (Å²) in [6, 6.07) is 8.34. The SMILES string of the molecule is OCCN(c1nnc(Cl)c2ccccc12)C1CCC1. The van der Waals surface area contributed by atoms with Crippen molar-refractivity contribution >= 4 is 28.2 Å². The highest BCUT2D eigenvalue weighted by Gasteiger charge is 2.27. The zero-order valence-corrected chi connectivity index (χ0v) is 11.3. The van der Waals surface area contributed by atoms with E-state index in [4.69, 9.17) is 11.6 Å². The molecule has 1 heterocycles. The van der Waals surface area contributed by atoms with Crippen LogP contribution in [0.1, 0.15) is 19.3 Å². The Bertz CT molecular complexity index is 586. The number of hydrogen-bond acceptors (Lipinski definition) is 4. The highest BCUT2D eigenvalue weighted by Crippen LogP contribution is 2.33. The molecule has 0 saturated heterocycles. The van der Waals surface area contributed by atoms with E-state index in [1.54, 1.807) is 0 Å². The van der Waals surface area contributed by atoms with E-state index in [1.807, 2.05) is 24.3 Å². The Morgan fingerprint density at radius 3 is 2.58 bits per heavy atom. The number of anilines is 1. The van der Waals surface area contributed by atoms with Crippen LogP contribution in [0.5, 0.6) is 0 Å². The molecule has 4 nitrogen and oxygen atoms in total. The van der Waals surface area contributed by atoms with Crippen molar-refractivity contribution in [2.75, 3.05) is 18.1 Å². The molecule has 19 heavy (non-hydrogen) atoms. The van der Waals surface area contributed by atoms with Crippen molar-refractivity contribution in [1.82, 2.24) is 10.2 Å². The standard InChI is InChI=1S/C14H16ClN3O/c15-13-11-6-1-2-7-12(11)14(17-16-13)18(8-9-19)10-4-3-5-10/h1-2,6-7,10,19H,3-5,8-9H2. The molecular formula is C14H16ClN3O. The van der Waals surface area contributed by atoms with Gasteiger partial charge in [0.25, 0.3) is 0 Å². The summed E-state index contributed by atoms with van der Waals surface area (Å²) in [4.78, 5) is 2.16. The Kier molecular flexibility index (Phi) is 3.53. The number of benzene rings is 1. The van der Waals surface area contributed by atoms with Crippen LogP contribution >= 0.6 is 11.6 Å². The van der Waals surface area contributed by atoms with Crippen LogP contribution in [-0.2, 0) is 0 Å². The number of aliphatic hydroxyl groups excluding tert-OH is 1. The average Bonchev–Trinajstić information content (AvgIpc) is 2.37. The van der Waals surface area contributed by atoms with Crippen LogP contribution in [-0.4, -0.2) is 34.5 Å². The van der Waals surface area contributed by atoms with Crippen molar-refractivity contribution in [1.29, 1.82) is 0 Å². The summed E-state index contributed by atoms with van der Waals surface area (Å²) in [6.45, 7) is 0.708. The summed E-state index contributed by atoms with van der Waals surface area (Å²) < 4.78 is 0. The van der Waals surface area contributed by atoms with Crippen LogP contribution < -0.4 is 4.90 Å². The van der Waals surface area contributed by atoms with E-state index in [1.165, 1.54) is 6.42 Å². The summed E-state index contributed by atoms with van der Waals surface area (Å²) in [5.41, 5.74) is 0. The van der Waals surface area contributed by atoms with E-state index in [-0.39, 0.29) is 6.61 Å². The van der Waals surface area contributed by atoms with E-state index < -0.39 is 0 Å². The third kappa shape index (κ3) is 2.26. The first-order valence-electron chi connectivity index (χ1n) is 6.59. The van der Waals surface area contributed by atoms with Crippen LogP contribution in [0.2, 0.25) is 5.15 Å². The molecule has 1 aromatic carbocycles. The molecule has 1 N–H and O–H groups in total. The average molecular weight is 278 g/mol. The minimum atomic E-state index is 0.120. The lowest BCUT2D eigenvalue weighted by Gasteiger charge is -2.38. The van der Waals surface area contributed by atoms with Gasteiger partial charge in [0.15, 0.2) is 11.0 Å². The lowest BCUT2D eigenvalue weighted by atomic mass is 9.91. The van der Waals surface area contributed by atoms with Gasteiger partial charge in [-0.2, -0.15) is 0 Å². The van der Waals surface area contributed by atoms with Gasteiger partial charge in [-0.1, -0.05) is 35.9 Å². The number of halogens is 1. The second kappa shape index (κ2) is 5.31. The molecule has 1 aliphatic carbocycles. The summed E-state index contributed by atoms with van der Waals surface area (Å²) >= 11 is 6.10. The van der Waals surface area contributed by atoms with E-state index in [9.17, 15) is 5.11 Å². The lowest BCUT2D eigenvalue weighted by Crippen LogP contribution is -2.42. The lowest BCUT2D eigenvalue weighted by molar-refractivity contribution is 0.283. The second-order valence-electron chi connectivity index (χ2n) is 4.86. The van der Waals surface area contributed by atoms with Gasteiger partial charge in [-0.3, -0.25) is 0 Å². The fourth-order valence-electron chi connectivity index (χ4n) is 2.54. The molecule has 0 amide bonds. The molecule has 0 atom stereocenters. The van der Waals surface area contributed by atoms with Crippen LogP contribution in [0.4, 0.5) is 5.82 Å². The van der Waals surface area contributed by atoms with Gasteiger partial charge in [0.05, 0.1) is 6.61 Å². The van der Waals surface area contributed by atoms with Crippen molar-refractivity contribution in [3.05, 3.63) is 29.4 Å². The van der Waals surface area contributed by atoms with Gasteiger partial charge >= 0.3 is 0 Å². The van der Waals surface area contributed by atoms with Crippen molar-refractivity contribution in [2.45, 2.75) is 25.3 Å². The summed E-state index contributed by atoms with van der Waals surface area (Å²) in [5, 5.41) is 19.9. The summed E-state index contributed by atoms with van der Waals surface area (Å²) in [6.07, 6.45) is 3.54. The number of fused-ring (bicyclic) bond motifs is 1. The fraction of sp³-hybridized carbons (Fsp3) is 0.429. The minimum absolute atomic E-state index is 0.120. The Morgan fingerprint density at radius 1 is 1.21 bits per heavy atom. The van der Waals surface area contributed by atoms with Crippen molar-refractivity contribution in [3.63, 3.8) is 0 Å². The molecular weight excluding hydrogens is 262 g/mol. The van der Waals surface area contributed by atoms with E-state index >= 15 is 0 Å². The van der Waals surface area contributed by atoms with Crippen LogP contribution in [0.3, 0.4) is 0 Å². The Hall–Kier alpha value is -1.39. The molecule has 0 bridgehead atoms. The van der Waals surface area contributed by atoms with Crippen molar-refractivity contribution in [3.8, 4) is 0 Å². The molecule has 0 radical (unpaired) electrons. The number of hydrogen-bond donors (Lipinski definition) is 1. The van der Waals surface area contributed by atoms with Crippen molar-refractivity contribution < 1.29 is 5.11 Å². The molecule has 0 spiro atoms. The number of nitrogens with zero attached hydrogens (tertiary/aromatic N) is 3. The second-order valence-corrected chi connectivity index (χ2v) is 5.22. The first-order valence-corrected chi connectivity index (χ1v) is 6.97. The molecule has 5 heteroatoms. The van der Waals surface area contributed by atoms with E-state index in [0.29, 0.717) is 17.7 Å². The quantitative estimate of drug-likeness (QED) is 0.933. The van der Waals surface area contributed by atoms with Gasteiger partial charge in [0, 0.05) is 23.4 Å². The Labute approximate surface area is 117 Å². The third-order valence-electron chi connectivity index (χ3n) is 3.75. The molecule has 100 valence electrons. The maximum absolute atomic E-state index is 9.28. The number of aromatic nitrogens is 2. The topological polar surface area (TPSA) is 49.2 Å². The first-order chi connectivity index (χ1) is 9.31.